The number of hydrogen-bond donors (Lipinski definition) is 1. The van der Waals surface area contributed by atoms with Crippen molar-refractivity contribution >= 4 is 5.91 Å². The van der Waals surface area contributed by atoms with Crippen molar-refractivity contribution in [1.82, 2.24) is 10.2 Å². The summed E-state index contributed by atoms with van der Waals surface area (Å²) in [5.41, 5.74) is -0.324. The van der Waals surface area contributed by atoms with Gasteiger partial charge in [0.25, 0.3) is 0 Å². The maximum absolute atomic E-state index is 13.1. The molecular formula is C17H30N2O2. The molecule has 2 saturated carbocycles. The fourth-order valence-corrected chi connectivity index (χ4v) is 4.33. The Morgan fingerprint density at radius 1 is 1.24 bits per heavy atom. The van der Waals surface area contributed by atoms with E-state index in [1.54, 1.807) is 7.11 Å². The molecular weight excluding hydrogens is 264 g/mol. The Bertz CT molecular complexity index is 392. The van der Waals surface area contributed by atoms with Crippen LogP contribution in [0.4, 0.5) is 0 Å². The zero-order valence-electron chi connectivity index (χ0n) is 13.8. The number of carbonyl (C=O) groups excluding carboxylic acids is 1. The second kappa shape index (κ2) is 5.54. The maximum Gasteiger partial charge on any atom is 0.244 e. The van der Waals surface area contributed by atoms with Crippen LogP contribution < -0.4 is 5.32 Å². The van der Waals surface area contributed by atoms with Crippen LogP contribution in [0.3, 0.4) is 0 Å². The predicted molar refractivity (Wildman–Crippen MR) is 82.9 cm³/mol. The highest BCUT2D eigenvalue weighted by molar-refractivity contribution is 5.89. The van der Waals surface area contributed by atoms with Crippen molar-refractivity contribution in [2.24, 2.45) is 5.92 Å². The van der Waals surface area contributed by atoms with Crippen LogP contribution in [-0.2, 0) is 9.53 Å². The van der Waals surface area contributed by atoms with Crippen LogP contribution in [0, 0.1) is 5.92 Å². The molecule has 1 amide bonds. The fourth-order valence-electron chi connectivity index (χ4n) is 4.33. The third-order valence-electron chi connectivity index (χ3n) is 5.80. The van der Waals surface area contributed by atoms with Gasteiger partial charge >= 0.3 is 0 Å². The normalized spacial score (nSPS) is 30.4. The predicted octanol–water partition coefficient (Wildman–Crippen LogP) is 2.67. The molecule has 0 aromatic carbocycles. The van der Waals surface area contributed by atoms with E-state index in [4.69, 9.17) is 4.74 Å². The minimum absolute atomic E-state index is 0.0727. The average Bonchev–Trinajstić information content (AvgIpc) is 2.94. The van der Waals surface area contributed by atoms with Gasteiger partial charge in [0.1, 0.15) is 0 Å². The molecule has 1 atom stereocenters. The number of rotatable bonds is 5. The Hall–Kier alpha value is -0.610. The zero-order valence-corrected chi connectivity index (χ0v) is 13.8. The topological polar surface area (TPSA) is 41.6 Å². The summed E-state index contributed by atoms with van der Waals surface area (Å²) in [7, 11) is 1.80. The average molecular weight is 294 g/mol. The summed E-state index contributed by atoms with van der Waals surface area (Å²) >= 11 is 0. The molecule has 1 aliphatic heterocycles. The van der Waals surface area contributed by atoms with Crippen LogP contribution in [0.1, 0.15) is 65.2 Å². The monoisotopic (exact) mass is 294 g/mol. The lowest BCUT2D eigenvalue weighted by molar-refractivity contribution is -0.143. The summed E-state index contributed by atoms with van der Waals surface area (Å²) in [5, 5.41) is 3.71. The summed E-state index contributed by atoms with van der Waals surface area (Å²) < 4.78 is 5.77. The van der Waals surface area contributed by atoms with Gasteiger partial charge in [-0.1, -0.05) is 26.7 Å². The Morgan fingerprint density at radius 2 is 1.90 bits per heavy atom. The lowest BCUT2D eigenvalue weighted by atomic mass is 9.79. The molecule has 1 spiro atoms. The number of carbonyl (C=O) groups is 1. The van der Waals surface area contributed by atoms with Gasteiger partial charge in [-0.3, -0.25) is 10.1 Å². The van der Waals surface area contributed by atoms with E-state index in [1.165, 1.54) is 19.3 Å². The van der Waals surface area contributed by atoms with Gasteiger partial charge in [0.15, 0.2) is 0 Å². The summed E-state index contributed by atoms with van der Waals surface area (Å²) in [4.78, 5) is 15.2. The fraction of sp³-hybridized carbons (Fsp3) is 0.941. The summed E-state index contributed by atoms with van der Waals surface area (Å²) in [6, 6.07) is 0. The molecule has 0 aromatic heterocycles. The minimum Gasteiger partial charge on any atom is -0.376 e. The number of nitrogens with one attached hydrogen (secondary N) is 1. The van der Waals surface area contributed by atoms with Gasteiger partial charge in [-0.2, -0.15) is 0 Å². The van der Waals surface area contributed by atoms with Crippen LogP contribution in [0.15, 0.2) is 0 Å². The smallest absolute Gasteiger partial charge is 0.244 e. The molecule has 21 heavy (non-hydrogen) atoms. The Balaban J connectivity index is 1.78. The molecule has 1 heterocycles. The SMILES string of the molecule is COC1(CN2C(=O)C3(CCCC3)NC2CC(C)C)CCC1. The van der Waals surface area contributed by atoms with Gasteiger partial charge in [-0.15, -0.1) is 0 Å². The van der Waals surface area contributed by atoms with Crippen LogP contribution in [0.25, 0.3) is 0 Å². The molecule has 1 saturated heterocycles. The van der Waals surface area contributed by atoms with E-state index in [0.717, 1.165) is 38.6 Å². The number of methoxy groups -OCH3 is 1. The Kier molecular flexibility index (Phi) is 4.04. The molecule has 4 heteroatoms. The maximum atomic E-state index is 13.1. The molecule has 2 aliphatic carbocycles. The van der Waals surface area contributed by atoms with Crippen LogP contribution >= 0.6 is 0 Å². The van der Waals surface area contributed by atoms with E-state index in [9.17, 15) is 4.79 Å². The van der Waals surface area contributed by atoms with E-state index in [0.29, 0.717) is 11.8 Å². The lowest BCUT2D eigenvalue weighted by Gasteiger charge is -2.44. The summed E-state index contributed by atoms with van der Waals surface area (Å²) in [6.07, 6.45) is 9.02. The Labute approximate surface area is 128 Å². The molecule has 3 rings (SSSR count). The second-order valence-electron chi connectivity index (χ2n) is 7.75. The van der Waals surface area contributed by atoms with E-state index in [-0.39, 0.29) is 17.3 Å². The highest BCUT2D eigenvalue weighted by atomic mass is 16.5. The first kappa shape index (κ1) is 15.3. The second-order valence-corrected chi connectivity index (χ2v) is 7.75. The molecule has 1 N–H and O–H groups in total. The van der Waals surface area contributed by atoms with Gasteiger partial charge in [-0.25, -0.2) is 0 Å². The van der Waals surface area contributed by atoms with Crippen molar-refractivity contribution in [1.29, 1.82) is 0 Å². The van der Waals surface area contributed by atoms with Crippen molar-refractivity contribution in [3.05, 3.63) is 0 Å². The minimum atomic E-state index is -0.252. The first-order valence-electron chi connectivity index (χ1n) is 8.64. The van der Waals surface area contributed by atoms with E-state index in [1.807, 2.05) is 0 Å². The lowest BCUT2D eigenvalue weighted by Crippen LogP contribution is -2.53. The third-order valence-corrected chi connectivity index (χ3v) is 5.80. The molecule has 1 unspecified atom stereocenters. The van der Waals surface area contributed by atoms with E-state index in [2.05, 4.69) is 24.1 Å². The molecule has 0 bridgehead atoms. The number of hydrogen-bond acceptors (Lipinski definition) is 3. The van der Waals surface area contributed by atoms with Crippen molar-refractivity contribution in [2.45, 2.75) is 82.5 Å². The molecule has 3 fully saturated rings. The Morgan fingerprint density at radius 3 is 2.38 bits per heavy atom. The largest absolute Gasteiger partial charge is 0.376 e. The van der Waals surface area contributed by atoms with Gasteiger partial charge in [0.05, 0.1) is 23.9 Å². The van der Waals surface area contributed by atoms with Crippen molar-refractivity contribution in [3.63, 3.8) is 0 Å². The quantitative estimate of drug-likeness (QED) is 0.847. The zero-order chi connectivity index (χ0) is 15.1. The van der Waals surface area contributed by atoms with Crippen molar-refractivity contribution in [2.75, 3.05) is 13.7 Å². The number of nitrogens with zero attached hydrogens (tertiary/aromatic N) is 1. The third kappa shape index (κ3) is 2.61. The molecule has 0 radical (unpaired) electrons. The summed E-state index contributed by atoms with van der Waals surface area (Å²) in [5.74, 6) is 0.934. The van der Waals surface area contributed by atoms with Crippen LogP contribution in [-0.4, -0.2) is 41.8 Å². The van der Waals surface area contributed by atoms with E-state index >= 15 is 0 Å². The van der Waals surface area contributed by atoms with Crippen molar-refractivity contribution < 1.29 is 9.53 Å². The van der Waals surface area contributed by atoms with Crippen molar-refractivity contribution in [3.8, 4) is 0 Å². The van der Waals surface area contributed by atoms with E-state index < -0.39 is 0 Å². The first-order valence-corrected chi connectivity index (χ1v) is 8.64. The van der Waals surface area contributed by atoms with Gasteiger partial charge in [0, 0.05) is 7.11 Å². The highest BCUT2D eigenvalue weighted by Crippen LogP contribution is 2.41. The number of ether oxygens (including phenoxy) is 1. The molecule has 120 valence electrons. The number of amides is 1. The highest BCUT2D eigenvalue weighted by Gasteiger charge is 2.54. The standard InChI is InChI=1S/C17H30N2O2/c1-13(2)11-14-18-17(9-4-5-10-17)15(20)19(14)12-16(21-3)7-6-8-16/h13-14,18H,4-12H2,1-3H3. The van der Waals surface area contributed by atoms with Gasteiger partial charge < -0.3 is 9.64 Å². The summed E-state index contributed by atoms with van der Waals surface area (Å²) in [6.45, 7) is 5.24. The van der Waals surface area contributed by atoms with Crippen LogP contribution in [0.5, 0.6) is 0 Å². The molecule has 3 aliphatic rings. The first-order chi connectivity index (χ1) is 10.0. The van der Waals surface area contributed by atoms with Crippen LogP contribution in [0.2, 0.25) is 0 Å². The molecule has 4 nitrogen and oxygen atoms in total. The van der Waals surface area contributed by atoms with Gasteiger partial charge in [0.2, 0.25) is 5.91 Å². The van der Waals surface area contributed by atoms with Gasteiger partial charge in [-0.05, 0) is 44.4 Å². The molecule has 0 aromatic rings.